The van der Waals surface area contributed by atoms with Crippen molar-refractivity contribution >= 4 is 23.1 Å². The molecule has 0 N–H and O–H groups in total. The van der Waals surface area contributed by atoms with Crippen LogP contribution < -0.4 is 0 Å². The zero-order valence-corrected chi connectivity index (χ0v) is 5.60. The first-order valence-corrected chi connectivity index (χ1v) is 4.03. The van der Waals surface area contributed by atoms with Crippen LogP contribution in [-0.4, -0.2) is 6.26 Å². The van der Waals surface area contributed by atoms with Gasteiger partial charge in [0.2, 0.25) is 0 Å². The molecule has 0 spiro atoms. The summed E-state index contributed by atoms with van der Waals surface area (Å²) in [7, 11) is 0. The molecule has 0 bridgehead atoms. The summed E-state index contributed by atoms with van der Waals surface area (Å²) in [5, 5.41) is 5.12. The molecule has 1 aromatic heterocycles. The molecule has 0 aromatic carbocycles. The second-order valence-corrected chi connectivity index (χ2v) is 2.65. The lowest BCUT2D eigenvalue weighted by Gasteiger charge is -1.77. The summed E-state index contributed by atoms with van der Waals surface area (Å²) in [5.74, 6) is 0. The van der Waals surface area contributed by atoms with Crippen LogP contribution in [0.25, 0.3) is 0 Å². The summed E-state index contributed by atoms with van der Waals surface area (Å²) in [6.45, 7) is 0. The summed E-state index contributed by atoms with van der Waals surface area (Å²) in [6, 6.07) is 2.06. The number of thioether (sulfide) groups is 1. The largest absolute Gasteiger partial charge is 0.142 e. The molecule has 1 aromatic rings. The summed E-state index contributed by atoms with van der Waals surface area (Å²) < 4.78 is 0. The fraction of sp³-hybridized carbons (Fsp3) is 0.200. The van der Waals surface area contributed by atoms with Gasteiger partial charge < -0.3 is 0 Å². The Hall–Kier alpha value is 0.0500. The molecule has 0 saturated carbocycles. The quantitative estimate of drug-likeness (QED) is 0.524. The van der Waals surface area contributed by atoms with Gasteiger partial charge >= 0.3 is 0 Å². The Labute approximate surface area is 51.6 Å². The predicted octanol–water partition coefficient (Wildman–Crippen LogP) is 2.27. The third-order valence-electron chi connectivity index (χ3n) is 0.667. The molecule has 0 saturated heterocycles. The van der Waals surface area contributed by atoms with Crippen LogP contribution in [-0.2, 0) is 0 Å². The van der Waals surface area contributed by atoms with Crippen molar-refractivity contribution in [2.75, 3.05) is 6.26 Å². The second kappa shape index (κ2) is 2.38. The molecule has 2 heteroatoms. The average molecular weight is 129 g/mol. The van der Waals surface area contributed by atoms with Gasteiger partial charge in [0.25, 0.3) is 0 Å². The van der Waals surface area contributed by atoms with Gasteiger partial charge in [-0.1, -0.05) is 0 Å². The van der Waals surface area contributed by atoms with Crippen molar-refractivity contribution < 1.29 is 0 Å². The van der Waals surface area contributed by atoms with E-state index < -0.39 is 0 Å². The topological polar surface area (TPSA) is 0 Å². The summed E-state index contributed by atoms with van der Waals surface area (Å²) in [5.41, 5.74) is 0. The molecule has 0 aliphatic rings. The summed E-state index contributed by atoms with van der Waals surface area (Å²) in [6.07, 6.45) is 2.05. The van der Waals surface area contributed by atoms with E-state index in [1.807, 2.05) is 5.38 Å². The Morgan fingerprint density at radius 3 is 3.00 bits per heavy atom. The Bertz CT molecular complexity index is 121. The lowest BCUT2D eigenvalue weighted by atomic mass is 10.7. The molecule has 1 rings (SSSR count). The molecule has 0 aliphatic carbocycles. The molecule has 1 heterocycles. The first-order chi connectivity index (χ1) is 3.43. The average Bonchev–Trinajstić information content (AvgIpc) is 2.14. The minimum atomic E-state index is 1.24. The lowest BCUT2D eigenvalue weighted by Crippen LogP contribution is -1.50. The Morgan fingerprint density at radius 1 is 1.86 bits per heavy atom. The highest BCUT2D eigenvalue weighted by atomic mass is 32.2. The van der Waals surface area contributed by atoms with Crippen molar-refractivity contribution in [1.82, 2.24) is 0 Å². The van der Waals surface area contributed by atoms with E-state index in [0.29, 0.717) is 0 Å². The summed E-state index contributed by atoms with van der Waals surface area (Å²) >= 11 is 3.35. The van der Waals surface area contributed by atoms with Gasteiger partial charge in [0.1, 0.15) is 0 Å². The van der Waals surface area contributed by atoms with E-state index in [0.717, 1.165) is 0 Å². The Morgan fingerprint density at radius 2 is 2.71 bits per heavy atom. The fourth-order valence-corrected chi connectivity index (χ4v) is 1.56. The van der Waals surface area contributed by atoms with E-state index in [9.17, 15) is 0 Å². The lowest BCUT2D eigenvalue weighted by molar-refractivity contribution is 1.59. The first-order valence-electron chi connectivity index (χ1n) is 1.92. The van der Waals surface area contributed by atoms with Gasteiger partial charge in [0, 0.05) is 4.90 Å². The molecule has 0 unspecified atom stereocenters. The van der Waals surface area contributed by atoms with E-state index in [2.05, 4.69) is 17.7 Å². The number of rotatable bonds is 1. The van der Waals surface area contributed by atoms with Crippen molar-refractivity contribution in [3.05, 3.63) is 16.8 Å². The molecular weight excluding hydrogens is 124 g/mol. The highest BCUT2D eigenvalue weighted by Crippen LogP contribution is 2.15. The van der Waals surface area contributed by atoms with E-state index in [1.54, 1.807) is 23.1 Å². The van der Waals surface area contributed by atoms with E-state index >= 15 is 0 Å². The van der Waals surface area contributed by atoms with Crippen LogP contribution in [0.2, 0.25) is 0 Å². The van der Waals surface area contributed by atoms with Crippen LogP contribution >= 0.6 is 23.1 Å². The molecule has 0 fully saturated rings. The number of hydrogen-bond donors (Lipinski definition) is 0. The van der Waals surface area contributed by atoms with E-state index in [4.69, 9.17) is 0 Å². The van der Waals surface area contributed by atoms with Gasteiger partial charge in [0.05, 0.1) is 5.38 Å². The van der Waals surface area contributed by atoms with E-state index in [1.165, 1.54) is 4.90 Å². The maximum absolute atomic E-state index is 3.09. The minimum Gasteiger partial charge on any atom is -0.142 e. The van der Waals surface area contributed by atoms with Gasteiger partial charge in [-0.3, -0.25) is 0 Å². The maximum Gasteiger partial charge on any atom is 0.0589 e. The Kier molecular flexibility index (Phi) is 1.77. The standard InChI is InChI=1S/C5H5S2/c1-6-5-2-3-7-4-5/h2-3H,1H3. The van der Waals surface area contributed by atoms with Gasteiger partial charge in [-0.2, -0.15) is 0 Å². The zero-order chi connectivity index (χ0) is 5.11. The van der Waals surface area contributed by atoms with Gasteiger partial charge in [0.15, 0.2) is 0 Å². The maximum atomic E-state index is 3.09. The SMILES string of the molecule is CSc1[c]scc1. The second-order valence-electron chi connectivity index (χ2n) is 1.09. The van der Waals surface area contributed by atoms with Crippen LogP contribution in [0.5, 0.6) is 0 Å². The highest BCUT2D eigenvalue weighted by molar-refractivity contribution is 7.98. The number of hydrogen-bond acceptors (Lipinski definition) is 2. The van der Waals surface area contributed by atoms with Gasteiger partial charge in [-0.15, -0.1) is 23.1 Å². The van der Waals surface area contributed by atoms with Crippen LogP contribution in [0.3, 0.4) is 0 Å². The predicted molar refractivity (Wildman–Crippen MR) is 34.9 cm³/mol. The molecule has 37 valence electrons. The van der Waals surface area contributed by atoms with Crippen molar-refractivity contribution in [3.63, 3.8) is 0 Å². The molecular formula is C5H5S2. The monoisotopic (exact) mass is 129 g/mol. The molecule has 0 amide bonds. The fourth-order valence-electron chi connectivity index (χ4n) is 0.332. The van der Waals surface area contributed by atoms with Crippen molar-refractivity contribution in [2.45, 2.75) is 4.90 Å². The van der Waals surface area contributed by atoms with Gasteiger partial charge in [-0.25, -0.2) is 0 Å². The van der Waals surface area contributed by atoms with E-state index in [-0.39, 0.29) is 0 Å². The van der Waals surface area contributed by atoms with Crippen LogP contribution in [0.4, 0.5) is 0 Å². The molecule has 0 aliphatic heterocycles. The smallest absolute Gasteiger partial charge is 0.0589 e. The molecule has 7 heavy (non-hydrogen) atoms. The Balaban J connectivity index is 2.76. The van der Waals surface area contributed by atoms with Crippen molar-refractivity contribution in [3.8, 4) is 0 Å². The minimum absolute atomic E-state index is 1.24. The normalized spacial score (nSPS) is 9.29. The van der Waals surface area contributed by atoms with Gasteiger partial charge in [-0.05, 0) is 17.7 Å². The molecule has 0 nitrogen and oxygen atoms in total. The third kappa shape index (κ3) is 1.21. The van der Waals surface area contributed by atoms with Crippen molar-refractivity contribution in [1.29, 1.82) is 0 Å². The third-order valence-corrected chi connectivity index (χ3v) is 2.08. The summed E-state index contributed by atoms with van der Waals surface area (Å²) in [4.78, 5) is 1.24. The molecule has 1 radical (unpaired) electrons. The first kappa shape index (κ1) is 5.19. The zero-order valence-electron chi connectivity index (χ0n) is 3.97. The highest BCUT2D eigenvalue weighted by Gasteiger charge is 1.84. The van der Waals surface area contributed by atoms with Crippen LogP contribution in [0.15, 0.2) is 16.3 Å². The molecule has 0 atom stereocenters. The van der Waals surface area contributed by atoms with Crippen molar-refractivity contribution in [2.24, 2.45) is 0 Å². The number of thiophene rings is 1. The van der Waals surface area contributed by atoms with Crippen LogP contribution in [0.1, 0.15) is 0 Å². The van der Waals surface area contributed by atoms with Crippen LogP contribution in [0, 0.1) is 5.38 Å².